The fourth-order valence-electron chi connectivity index (χ4n) is 12.5. The average molecular weight is 1110 g/mol. The molecule has 0 fully saturated rings. The lowest BCUT2D eigenvalue weighted by molar-refractivity contribution is -0.164. The molecule has 2 spiro atoms. The number of anilines is 2. The topological polar surface area (TPSA) is 181 Å². The second kappa shape index (κ2) is 24.1. The maximum atomic E-state index is 13.0. The maximum Gasteiger partial charge on any atom is 0.340 e. The van der Waals surface area contributed by atoms with E-state index in [-0.39, 0.29) is 22.0 Å². The summed E-state index contributed by atoms with van der Waals surface area (Å²) in [5, 5.41) is 44.5. The van der Waals surface area contributed by atoms with Crippen LogP contribution in [-0.4, -0.2) is 121 Å². The van der Waals surface area contributed by atoms with Gasteiger partial charge in [0.1, 0.15) is 11.5 Å². The highest BCUT2D eigenvalue weighted by Gasteiger charge is 2.47. The number of carbonyl (C=O) groups excluding carboxylic acids is 2. The van der Waals surface area contributed by atoms with Gasteiger partial charge in [-0.25, -0.2) is 9.59 Å². The zero-order valence-electron chi connectivity index (χ0n) is 45.0. The minimum atomic E-state index is -2.35. The number of ether oxygens (including phenoxy) is 2. The van der Waals surface area contributed by atoms with Gasteiger partial charge in [-0.2, -0.15) is 0 Å². The number of carbonyl (C=O) groups is 4. The third kappa shape index (κ3) is 12.1. The average Bonchev–Trinajstić information content (AvgIpc) is 3.77. The molecule has 4 bridgehead atoms. The molecule has 0 radical (unpaired) electrons. The van der Waals surface area contributed by atoms with Crippen LogP contribution in [0.15, 0.2) is 97.1 Å². The number of aryl methyl sites for hydroxylation is 2. The number of fused-ring (bicyclic) bond motifs is 6. The number of amides is 2. The number of allylic oxidation sites excluding steroid dienone is 2. The van der Waals surface area contributed by atoms with Crippen molar-refractivity contribution in [1.82, 2.24) is 9.80 Å². The van der Waals surface area contributed by atoms with Crippen LogP contribution in [0.25, 0.3) is 0 Å². The second-order valence-corrected chi connectivity index (χ2v) is 23.4. The van der Waals surface area contributed by atoms with Gasteiger partial charge in [0.25, 0.3) is 0 Å². The Morgan fingerprint density at radius 1 is 0.526 bits per heavy atom. The molecule has 0 saturated carbocycles. The molecule has 4 atom stereocenters. The summed E-state index contributed by atoms with van der Waals surface area (Å²) in [5.41, 5.74) is 1.74. The van der Waals surface area contributed by atoms with E-state index in [1.54, 1.807) is 50.5 Å². The van der Waals surface area contributed by atoms with Gasteiger partial charge in [0, 0.05) is 74.2 Å². The van der Waals surface area contributed by atoms with Crippen molar-refractivity contribution >= 4 is 58.3 Å². The van der Waals surface area contributed by atoms with Crippen molar-refractivity contribution < 1.29 is 49.1 Å². The largest absolute Gasteiger partial charge is 0.490 e. The third-order valence-corrected chi connectivity index (χ3v) is 17.6. The van der Waals surface area contributed by atoms with Crippen LogP contribution in [0, 0.1) is 0 Å². The van der Waals surface area contributed by atoms with Crippen molar-refractivity contribution in [1.29, 1.82) is 0 Å². The lowest BCUT2D eigenvalue weighted by Crippen LogP contribution is -2.46. The Balaban J connectivity index is 0.000000190. The quantitative estimate of drug-likeness (QED) is 0.140. The first kappa shape index (κ1) is 56.7. The molecule has 2 aliphatic carbocycles. The van der Waals surface area contributed by atoms with E-state index in [1.165, 1.54) is 32.1 Å². The van der Waals surface area contributed by atoms with Crippen molar-refractivity contribution in [3.63, 3.8) is 0 Å². The van der Waals surface area contributed by atoms with E-state index in [4.69, 9.17) is 32.7 Å². The number of rotatable bonds is 2. The summed E-state index contributed by atoms with van der Waals surface area (Å²) >= 11 is 12.7. The second-order valence-electron chi connectivity index (χ2n) is 22.5. The number of carboxylic acids is 2. The summed E-state index contributed by atoms with van der Waals surface area (Å²) < 4.78 is 12.9. The Labute approximate surface area is 468 Å². The van der Waals surface area contributed by atoms with Crippen molar-refractivity contribution in [2.45, 2.75) is 125 Å². The molecule has 6 aliphatic rings. The Morgan fingerprint density at radius 3 is 1.35 bits per heavy atom. The number of hydrogen-bond donors (Lipinski definition) is 4. The molecule has 0 unspecified atom stereocenters. The minimum Gasteiger partial charge on any atom is -0.490 e. The van der Waals surface area contributed by atoms with Gasteiger partial charge in [-0.05, 0) is 172 Å². The van der Waals surface area contributed by atoms with E-state index < -0.39 is 47.8 Å². The predicted molar refractivity (Wildman–Crippen MR) is 303 cm³/mol. The number of carboxylic acid groups (broad SMARTS) is 2. The van der Waals surface area contributed by atoms with Crippen LogP contribution < -0.4 is 19.3 Å². The fourth-order valence-corrected chi connectivity index (χ4v) is 12.9. The Bertz CT molecular complexity index is 2750. The third-order valence-electron chi connectivity index (χ3n) is 17.1. The monoisotopic (exact) mass is 1100 g/mol. The van der Waals surface area contributed by atoms with Crippen LogP contribution in [0.4, 0.5) is 11.4 Å². The zero-order valence-corrected chi connectivity index (χ0v) is 46.5. The molecule has 4 heterocycles. The number of halogens is 2. The molecular formula is C62H74Cl2N4O10. The van der Waals surface area contributed by atoms with Gasteiger partial charge in [0.05, 0.1) is 37.4 Å². The normalized spacial score (nSPS) is 26.9. The Hall–Kier alpha value is -6.06. The molecule has 416 valence electrons. The molecule has 2 amide bonds. The van der Waals surface area contributed by atoms with Crippen LogP contribution in [0.2, 0.25) is 10.0 Å². The first-order valence-corrected chi connectivity index (χ1v) is 28.5. The van der Waals surface area contributed by atoms with Crippen LogP contribution in [0.1, 0.15) is 123 Å². The highest BCUT2D eigenvalue weighted by Crippen LogP contribution is 2.48. The summed E-state index contributed by atoms with van der Waals surface area (Å²) in [6, 6.07) is 22.4. The van der Waals surface area contributed by atoms with E-state index in [0.717, 1.165) is 112 Å². The van der Waals surface area contributed by atoms with Gasteiger partial charge in [-0.3, -0.25) is 9.59 Å². The highest BCUT2D eigenvalue weighted by atomic mass is 35.5. The molecule has 4 aromatic carbocycles. The number of hydrogen-bond acceptors (Lipinski definition) is 10. The minimum absolute atomic E-state index is 0.183. The van der Waals surface area contributed by atoms with Gasteiger partial charge in [0.2, 0.25) is 11.8 Å². The maximum absolute atomic E-state index is 13.0. The van der Waals surface area contributed by atoms with Gasteiger partial charge in [-0.15, -0.1) is 0 Å². The van der Waals surface area contributed by atoms with Gasteiger partial charge < -0.3 is 49.5 Å². The Kier molecular flexibility index (Phi) is 17.5. The van der Waals surface area contributed by atoms with Gasteiger partial charge in [0.15, 0.2) is 11.2 Å². The van der Waals surface area contributed by atoms with E-state index in [9.17, 15) is 39.6 Å². The Morgan fingerprint density at radius 2 is 0.936 bits per heavy atom. The van der Waals surface area contributed by atoms with Crippen LogP contribution in [-0.2, 0) is 54.1 Å². The molecule has 16 heteroatoms. The SMILES string of the molecule is CN1CC/C=C\CCCCN2C[C@@]3(CCCc4cc(Cl)ccc43)COc3ccc(cc32)[C@@](O)(C(=O)O)CC1=O.CN1CC/C=C\CCCCN2C[C@@]3(CCCc4cc(Cl)ccc43)COc3ccc(cc32)[C@@](O)(C(=O)O)CC1=O. The summed E-state index contributed by atoms with van der Waals surface area (Å²) in [6.45, 7) is 4.88. The summed E-state index contributed by atoms with van der Waals surface area (Å²) in [5.74, 6) is -2.40. The summed E-state index contributed by atoms with van der Waals surface area (Å²) in [6.07, 6.45) is 20.5. The van der Waals surface area contributed by atoms with Crippen molar-refractivity contribution in [2.75, 3.05) is 76.4 Å². The van der Waals surface area contributed by atoms with Crippen molar-refractivity contribution in [3.05, 3.63) is 141 Å². The first-order chi connectivity index (χ1) is 37.4. The number of nitrogens with zero attached hydrogens (tertiary/aromatic N) is 4. The fraction of sp³-hybridized carbons (Fsp3) is 0.484. The molecule has 10 rings (SSSR count). The molecule has 4 N–H and O–H groups in total. The first-order valence-electron chi connectivity index (χ1n) is 27.8. The van der Waals surface area contributed by atoms with Crippen molar-refractivity contribution in [2.24, 2.45) is 0 Å². The molecular weight excluding hydrogens is 1030 g/mol. The summed E-state index contributed by atoms with van der Waals surface area (Å²) in [7, 11) is 3.28. The highest BCUT2D eigenvalue weighted by molar-refractivity contribution is 6.31. The van der Waals surface area contributed by atoms with E-state index in [2.05, 4.69) is 58.4 Å². The standard InChI is InChI=1S/2C31H37ClN2O5/c2*1-33-15-6-4-2-3-5-7-16-34-20-30(14-8-9-22-17-24(32)11-12-25(22)30)21-39-27-13-10-23(18-26(27)34)31(38,29(36)37)19-28(33)35/h2*2,4,10-13,17-18,38H,3,5-9,14-16,19-21H2,1H3,(H,36,37)/b2*4-2-/t2*30-,31+/m00/s1. The molecule has 4 aliphatic heterocycles. The van der Waals surface area contributed by atoms with E-state index in [1.807, 2.05) is 12.1 Å². The lowest BCUT2D eigenvalue weighted by Gasteiger charge is -2.41. The van der Waals surface area contributed by atoms with Crippen LogP contribution in [0.3, 0.4) is 0 Å². The van der Waals surface area contributed by atoms with Crippen LogP contribution in [0.5, 0.6) is 11.5 Å². The van der Waals surface area contributed by atoms with E-state index >= 15 is 0 Å². The lowest BCUT2D eigenvalue weighted by atomic mass is 9.70. The number of aliphatic hydroxyl groups is 2. The van der Waals surface area contributed by atoms with Crippen LogP contribution >= 0.6 is 23.2 Å². The summed E-state index contributed by atoms with van der Waals surface area (Å²) in [4.78, 5) is 58.3. The van der Waals surface area contributed by atoms with Crippen molar-refractivity contribution in [3.8, 4) is 11.5 Å². The zero-order chi connectivity index (χ0) is 55.2. The molecule has 0 aromatic heterocycles. The molecule has 4 aromatic rings. The smallest absolute Gasteiger partial charge is 0.340 e. The van der Waals surface area contributed by atoms with Gasteiger partial charge >= 0.3 is 11.9 Å². The van der Waals surface area contributed by atoms with Gasteiger partial charge in [-0.1, -0.05) is 71.8 Å². The predicted octanol–water partition coefficient (Wildman–Crippen LogP) is 10.1. The number of aliphatic carboxylic acids is 2. The number of benzene rings is 4. The molecule has 14 nitrogen and oxygen atoms in total. The van der Waals surface area contributed by atoms with E-state index in [0.29, 0.717) is 63.7 Å². The molecule has 78 heavy (non-hydrogen) atoms. The molecule has 0 saturated heterocycles.